The van der Waals surface area contributed by atoms with Gasteiger partial charge in [-0.05, 0) is 29.9 Å². The lowest BCUT2D eigenvalue weighted by molar-refractivity contribution is 0.0961. The van der Waals surface area contributed by atoms with Gasteiger partial charge in [-0.1, -0.05) is 36.4 Å². The normalized spacial score (nSPS) is 15.4. The minimum atomic E-state index is -0.00240. The molecule has 1 aliphatic rings. The summed E-state index contributed by atoms with van der Waals surface area (Å²) in [6.45, 7) is 2.91. The Hall–Kier alpha value is -1.91. The molecule has 0 atom stereocenters. The van der Waals surface area contributed by atoms with E-state index < -0.39 is 0 Å². The van der Waals surface area contributed by atoms with Gasteiger partial charge >= 0.3 is 0 Å². The van der Waals surface area contributed by atoms with Crippen molar-refractivity contribution < 1.29 is 4.79 Å². The van der Waals surface area contributed by atoms with Gasteiger partial charge in [-0.2, -0.15) is 11.3 Å². The van der Waals surface area contributed by atoms with E-state index in [-0.39, 0.29) is 5.91 Å². The topological polar surface area (TPSA) is 32.3 Å². The molecule has 3 rings (SSSR count). The molecule has 3 nitrogen and oxygen atoms in total. The predicted molar refractivity (Wildman–Crippen MR) is 91.1 cm³/mol. The summed E-state index contributed by atoms with van der Waals surface area (Å²) < 4.78 is 0. The van der Waals surface area contributed by atoms with Gasteiger partial charge in [0.1, 0.15) is 0 Å². The summed E-state index contributed by atoms with van der Waals surface area (Å²) in [5, 5.41) is 6.84. The van der Waals surface area contributed by atoms with Gasteiger partial charge in [0, 0.05) is 30.7 Å². The van der Waals surface area contributed by atoms with Crippen LogP contribution in [0.4, 0.5) is 0 Å². The number of amides is 1. The van der Waals surface area contributed by atoms with Crippen molar-refractivity contribution in [3.63, 3.8) is 0 Å². The van der Waals surface area contributed by atoms with Crippen molar-refractivity contribution in [3.8, 4) is 0 Å². The third kappa shape index (κ3) is 4.06. The maximum atomic E-state index is 12.1. The van der Waals surface area contributed by atoms with Crippen LogP contribution in [0.15, 0.2) is 58.9 Å². The van der Waals surface area contributed by atoms with E-state index in [4.69, 9.17) is 0 Å². The number of carbonyl (C=O) groups excluding carboxylic acids is 1. The van der Waals surface area contributed by atoms with Crippen LogP contribution in [0, 0.1) is 0 Å². The summed E-state index contributed by atoms with van der Waals surface area (Å²) in [7, 11) is 0. The number of rotatable bonds is 5. The molecule has 1 N–H and O–H groups in total. The second-order valence-corrected chi connectivity index (χ2v) is 6.28. The highest BCUT2D eigenvalue weighted by Crippen LogP contribution is 2.11. The maximum absolute atomic E-state index is 12.1. The summed E-state index contributed by atoms with van der Waals surface area (Å²) in [4.78, 5) is 14.5. The Labute approximate surface area is 135 Å². The van der Waals surface area contributed by atoms with E-state index >= 15 is 0 Å². The Morgan fingerprint density at radius 2 is 2.09 bits per heavy atom. The molecule has 2 heterocycles. The zero-order valence-corrected chi connectivity index (χ0v) is 13.3. The Kier molecular flexibility index (Phi) is 5.03. The average molecular weight is 312 g/mol. The van der Waals surface area contributed by atoms with E-state index in [0.717, 1.165) is 43.7 Å². The molecule has 0 radical (unpaired) electrons. The molecule has 0 saturated heterocycles. The van der Waals surface area contributed by atoms with Crippen molar-refractivity contribution in [1.29, 1.82) is 0 Å². The fourth-order valence-corrected chi connectivity index (χ4v) is 3.27. The van der Waals surface area contributed by atoms with E-state index in [2.05, 4.69) is 40.6 Å². The molecule has 0 fully saturated rings. The molecule has 0 spiro atoms. The maximum Gasteiger partial charge on any atom is 0.256 e. The monoisotopic (exact) mass is 312 g/mol. The second-order valence-electron chi connectivity index (χ2n) is 5.50. The number of nitrogens with zero attached hydrogens (tertiary/aromatic N) is 1. The molecule has 114 valence electrons. The largest absolute Gasteiger partial charge is 0.325 e. The van der Waals surface area contributed by atoms with E-state index in [1.165, 1.54) is 5.56 Å². The first-order chi connectivity index (χ1) is 10.8. The minimum absolute atomic E-state index is 0.00240. The summed E-state index contributed by atoms with van der Waals surface area (Å²) in [5.41, 5.74) is 3.13. The quantitative estimate of drug-likeness (QED) is 0.918. The zero-order valence-electron chi connectivity index (χ0n) is 12.5. The van der Waals surface area contributed by atoms with Gasteiger partial charge in [0.05, 0.1) is 5.56 Å². The van der Waals surface area contributed by atoms with Crippen LogP contribution < -0.4 is 5.32 Å². The molecule has 0 unspecified atom stereocenters. The van der Waals surface area contributed by atoms with Gasteiger partial charge in [0.15, 0.2) is 0 Å². The SMILES string of the molecule is O=C(NC1=CCCN(CCc2ccccc2)C1)c1ccsc1. The standard InChI is InChI=1S/C18H20N2OS/c21-18(16-9-12-22-14-16)19-17-7-4-10-20(13-17)11-8-15-5-2-1-3-6-15/h1-3,5-7,9,12,14H,4,8,10-11,13H2,(H,19,21). The summed E-state index contributed by atoms with van der Waals surface area (Å²) in [5.74, 6) is -0.00240. The molecule has 1 amide bonds. The third-order valence-electron chi connectivity index (χ3n) is 3.85. The summed E-state index contributed by atoms with van der Waals surface area (Å²) in [6, 6.07) is 12.4. The fourth-order valence-electron chi connectivity index (χ4n) is 2.63. The third-order valence-corrected chi connectivity index (χ3v) is 4.53. The highest BCUT2D eigenvalue weighted by molar-refractivity contribution is 7.08. The lowest BCUT2D eigenvalue weighted by Crippen LogP contribution is -2.37. The minimum Gasteiger partial charge on any atom is -0.325 e. The number of nitrogens with one attached hydrogen (secondary N) is 1. The molecule has 0 saturated carbocycles. The van der Waals surface area contributed by atoms with E-state index in [0.29, 0.717) is 0 Å². The van der Waals surface area contributed by atoms with Crippen LogP contribution in [0.25, 0.3) is 0 Å². The van der Waals surface area contributed by atoms with E-state index in [1.807, 2.05) is 22.9 Å². The molecule has 2 aromatic rings. The average Bonchev–Trinajstić information content (AvgIpc) is 3.09. The van der Waals surface area contributed by atoms with Gasteiger partial charge < -0.3 is 5.32 Å². The van der Waals surface area contributed by atoms with Crippen LogP contribution in [0.3, 0.4) is 0 Å². The predicted octanol–water partition coefficient (Wildman–Crippen LogP) is 3.31. The van der Waals surface area contributed by atoms with Gasteiger partial charge in [0.2, 0.25) is 0 Å². The second kappa shape index (κ2) is 7.38. The summed E-state index contributed by atoms with van der Waals surface area (Å²) in [6.07, 6.45) is 4.18. The molecule has 0 aliphatic carbocycles. The van der Waals surface area contributed by atoms with E-state index in [9.17, 15) is 4.79 Å². The van der Waals surface area contributed by atoms with Crippen molar-refractivity contribution in [2.24, 2.45) is 0 Å². The number of carbonyl (C=O) groups is 1. The zero-order chi connectivity index (χ0) is 15.2. The molecule has 4 heteroatoms. The van der Waals surface area contributed by atoms with Crippen LogP contribution >= 0.6 is 11.3 Å². The van der Waals surface area contributed by atoms with Crippen LogP contribution in [-0.4, -0.2) is 30.4 Å². The van der Waals surface area contributed by atoms with E-state index in [1.54, 1.807) is 11.3 Å². The van der Waals surface area contributed by atoms with Gasteiger partial charge in [0.25, 0.3) is 5.91 Å². The lowest BCUT2D eigenvalue weighted by Gasteiger charge is -2.27. The molecule has 1 aromatic carbocycles. The van der Waals surface area contributed by atoms with Crippen LogP contribution in [0.2, 0.25) is 0 Å². The first-order valence-electron chi connectivity index (χ1n) is 7.60. The molecule has 0 bridgehead atoms. The number of benzene rings is 1. The highest BCUT2D eigenvalue weighted by atomic mass is 32.1. The number of hydrogen-bond donors (Lipinski definition) is 1. The smallest absolute Gasteiger partial charge is 0.256 e. The van der Waals surface area contributed by atoms with Crippen LogP contribution in [0.5, 0.6) is 0 Å². The summed E-state index contributed by atoms with van der Waals surface area (Å²) >= 11 is 1.55. The number of hydrogen-bond acceptors (Lipinski definition) is 3. The molecule has 1 aromatic heterocycles. The number of thiophene rings is 1. The molecule has 22 heavy (non-hydrogen) atoms. The van der Waals surface area contributed by atoms with Crippen LogP contribution in [0.1, 0.15) is 22.3 Å². The van der Waals surface area contributed by atoms with Gasteiger partial charge in [-0.3, -0.25) is 9.69 Å². The highest BCUT2D eigenvalue weighted by Gasteiger charge is 2.15. The Morgan fingerprint density at radius 1 is 1.23 bits per heavy atom. The van der Waals surface area contributed by atoms with Gasteiger partial charge in [-0.15, -0.1) is 0 Å². The Morgan fingerprint density at radius 3 is 2.86 bits per heavy atom. The lowest BCUT2D eigenvalue weighted by atomic mass is 10.1. The fraction of sp³-hybridized carbons (Fsp3) is 0.278. The van der Waals surface area contributed by atoms with Crippen LogP contribution in [-0.2, 0) is 6.42 Å². The first-order valence-corrected chi connectivity index (χ1v) is 8.54. The Balaban J connectivity index is 1.51. The van der Waals surface area contributed by atoms with Crippen molar-refractivity contribution in [1.82, 2.24) is 10.2 Å². The molecule has 1 aliphatic heterocycles. The van der Waals surface area contributed by atoms with Crippen molar-refractivity contribution in [3.05, 3.63) is 70.1 Å². The van der Waals surface area contributed by atoms with Crippen molar-refractivity contribution >= 4 is 17.2 Å². The van der Waals surface area contributed by atoms with Crippen molar-refractivity contribution in [2.75, 3.05) is 19.6 Å². The Bertz CT molecular complexity index is 634. The molecular weight excluding hydrogens is 292 g/mol. The first kappa shape index (κ1) is 15.0. The van der Waals surface area contributed by atoms with Gasteiger partial charge in [-0.25, -0.2) is 0 Å². The molecular formula is C18H20N2OS. The van der Waals surface area contributed by atoms with Crippen molar-refractivity contribution in [2.45, 2.75) is 12.8 Å².